The van der Waals surface area contributed by atoms with Crippen molar-refractivity contribution in [1.29, 1.82) is 0 Å². The molecular formula is C15H20N2S. The van der Waals surface area contributed by atoms with E-state index >= 15 is 0 Å². The van der Waals surface area contributed by atoms with Crippen LogP contribution in [0.2, 0.25) is 0 Å². The van der Waals surface area contributed by atoms with Crippen LogP contribution < -0.4 is 5.32 Å². The molecule has 2 aromatic rings. The maximum Gasteiger partial charge on any atom is 0.183 e. The molecule has 0 aliphatic rings. The molecule has 0 saturated carbocycles. The molecule has 96 valence electrons. The van der Waals surface area contributed by atoms with E-state index in [0.717, 1.165) is 23.8 Å². The summed E-state index contributed by atoms with van der Waals surface area (Å²) >= 11 is 1.74. The van der Waals surface area contributed by atoms with Gasteiger partial charge >= 0.3 is 0 Å². The van der Waals surface area contributed by atoms with Crippen LogP contribution in [0.5, 0.6) is 0 Å². The molecule has 1 atom stereocenters. The van der Waals surface area contributed by atoms with Gasteiger partial charge in [0.2, 0.25) is 0 Å². The second kappa shape index (κ2) is 6.01. The first-order valence-electron chi connectivity index (χ1n) is 6.43. The third kappa shape index (κ3) is 3.10. The molecule has 0 aliphatic heterocycles. The molecule has 1 unspecified atom stereocenters. The van der Waals surface area contributed by atoms with Crippen molar-refractivity contribution >= 4 is 16.5 Å². The van der Waals surface area contributed by atoms with Crippen LogP contribution in [0.3, 0.4) is 0 Å². The van der Waals surface area contributed by atoms with Crippen molar-refractivity contribution in [3.8, 4) is 0 Å². The highest BCUT2D eigenvalue weighted by Crippen LogP contribution is 2.24. The zero-order valence-corrected chi connectivity index (χ0v) is 12.1. The first kappa shape index (κ1) is 13.1. The number of rotatable bonds is 5. The minimum Gasteiger partial charge on any atom is -0.361 e. The molecule has 1 N–H and O–H groups in total. The fraction of sp³-hybridized carbons (Fsp3) is 0.400. The molecule has 3 heteroatoms. The van der Waals surface area contributed by atoms with Gasteiger partial charge in [0.1, 0.15) is 0 Å². The second-order valence-electron chi connectivity index (χ2n) is 4.56. The molecule has 1 heterocycles. The van der Waals surface area contributed by atoms with E-state index in [1.807, 2.05) is 0 Å². The summed E-state index contributed by atoms with van der Waals surface area (Å²) in [5.41, 5.74) is 2.53. The molecule has 0 spiro atoms. The van der Waals surface area contributed by atoms with E-state index in [1.165, 1.54) is 10.4 Å². The number of anilines is 1. The zero-order chi connectivity index (χ0) is 13.0. The Morgan fingerprint density at radius 1 is 1.22 bits per heavy atom. The molecule has 0 bridgehead atoms. The van der Waals surface area contributed by atoms with Crippen molar-refractivity contribution in [3.05, 3.63) is 46.5 Å². The summed E-state index contributed by atoms with van der Waals surface area (Å²) in [6.07, 6.45) is 1.14. The van der Waals surface area contributed by atoms with E-state index in [4.69, 9.17) is 0 Å². The standard InChI is InChI=1S/C15H20N2S/c1-4-13(14-8-6-5-7-9-14)10-16-15-17-11(2)12(3)18-15/h5-9,13H,4,10H2,1-3H3,(H,16,17). The Kier molecular flexibility index (Phi) is 4.37. The maximum atomic E-state index is 4.52. The van der Waals surface area contributed by atoms with Crippen molar-refractivity contribution in [2.24, 2.45) is 0 Å². The van der Waals surface area contributed by atoms with Crippen LogP contribution in [0, 0.1) is 13.8 Å². The minimum absolute atomic E-state index is 0.552. The van der Waals surface area contributed by atoms with Crippen molar-refractivity contribution in [2.75, 3.05) is 11.9 Å². The predicted molar refractivity (Wildman–Crippen MR) is 79.6 cm³/mol. The fourth-order valence-electron chi connectivity index (χ4n) is 1.98. The lowest BCUT2D eigenvalue weighted by molar-refractivity contribution is 0.695. The number of aryl methyl sites for hydroxylation is 2. The number of aromatic nitrogens is 1. The lowest BCUT2D eigenvalue weighted by Crippen LogP contribution is -2.11. The van der Waals surface area contributed by atoms with Gasteiger partial charge in [-0.3, -0.25) is 0 Å². The van der Waals surface area contributed by atoms with Gasteiger partial charge in [0.25, 0.3) is 0 Å². The molecule has 18 heavy (non-hydrogen) atoms. The van der Waals surface area contributed by atoms with Gasteiger partial charge in [-0.25, -0.2) is 4.98 Å². The Balaban J connectivity index is 1.99. The number of thiazole rings is 1. The van der Waals surface area contributed by atoms with Crippen molar-refractivity contribution in [1.82, 2.24) is 4.98 Å². The molecule has 1 aromatic heterocycles. The monoisotopic (exact) mass is 260 g/mol. The van der Waals surface area contributed by atoms with Crippen LogP contribution in [0.1, 0.15) is 35.4 Å². The summed E-state index contributed by atoms with van der Waals surface area (Å²) in [7, 11) is 0. The molecule has 0 saturated heterocycles. The van der Waals surface area contributed by atoms with Gasteiger partial charge in [0.05, 0.1) is 5.69 Å². The quantitative estimate of drug-likeness (QED) is 0.863. The van der Waals surface area contributed by atoms with Crippen molar-refractivity contribution < 1.29 is 0 Å². The van der Waals surface area contributed by atoms with Gasteiger partial charge in [-0.2, -0.15) is 0 Å². The van der Waals surface area contributed by atoms with Gasteiger partial charge in [-0.05, 0) is 25.8 Å². The van der Waals surface area contributed by atoms with E-state index in [0.29, 0.717) is 5.92 Å². The van der Waals surface area contributed by atoms with Crippen molar-refractivity contribution in [3.63, 3.8) is 0 Å². The smallest absolute Gasteiger partial charge is 0.183 e. The van der Waals surface area contributed by atoms with E-state index in [2.05, 4.69) is 61.4 Å². The zero-order valence-electron chi connectivity index (χ0n) is 11.2. The third-order valence-corrected chi connectivity index (χ3v) is 4.32. The number of benzene rings is 1. The third-order valence-electron chi connectivity index (χ3n) is 3.29. The molecule has 0 fully saturated rings. The Labute approximate surface area is 113 Å². The van der Waals surface area contributed by atoms with Crippen molar-refractivity contribution in [2.45, 2.75) is 33.1 Å². The van der Waals surface area contributed by atoms with Crippen LogP contribution in [0.25, 0.3) is 0 Å². The predicted octanol–water partition coefficient (Wildman–Crippen LogP) is 4.37. The first-order chi connectivity index (χ1) is 8.70. The van der Waals surface area contributed by atoms with Crippen LogP contribution in [-0.4, -0.2) is 11.5 Å². The first-order valence-corrected chi connectivity index (χ1v) is 7.25. The van der Waals surface area contributed by atoms with E-state index < -0.39 is 0 Å². The van der Waals surface area contributed by atoms with Gasteiger partial charge in [-0.15, -0.1) is 11.3 Å². The summed E-state index contributed by atoms with van der Waals surface area (Å²) in [5, 5.41) is 4.50. The topological polar surface area (TPSA) is 24.9 Å². The average molecular weight is 260 g/mol. The summed E-state index contributed by atoms with van der Waals surface area (Å²) in [5.74, 6) is 0.552. The van der Waals surface area contributed by atoms with E-state index in [9.17, 15) is 0 Å². The molecule has 2 rings (SSSR count). The Hall–Kier alpha value is -1.35. The summed E-state index contributed by atoms with van der Waals surface area (Å²) in [4.78, 5) is 5.81. The highest BCUT2D eigenvalue weighted by Gasteiger charge is 2.10. The SMILES string of the molecule is CCC(CNc1nc(C)c(C)s1)c1ccccc1. The molecular weight excluding hydrogens is 240 g/mol. The Morgan fingerprint density at radius 2 is 1.94 bits per heavy atom. The molecule has 2 nitrogen and oxygen atoms in total. The van der Waals surface area contributed by atoms with E-state index in [1.54, 1.807) is 11.3 Å². The Morgan fingerprint density at radius 3 is 2.50 bits per heavy atom. The lowest BCUT2D eigenvalue weighted by Gasteiger charge is -2.15. The normalized spacial score (nSPS) is 12.4. The highest BCUT2D eigenvalue weighted by atomic mass is 32.1. The second-order valence-corrected chi connectivity index (χ2v) is 5.76. The lowest BCUT2D eigenvalue weighted by atomic mass is 9.97. The minimum atomic E-state index is 0.552. The number of nitrogens with one attached hydrogen (secondary N) is 1. The van der Waals surface area contributed by atoms with Gasteiger partial charge in [-0.1, -0.05) is 37.3 Å². The molecule has 1 aromatic carbocycles. The Bertz CT molecular complexity index is 471. The number of hydrogen-bond acceptors (Lipinski definition) is 3. The summed E-state index contributed by atoms with van der Waals surface area (Å²) in [6.45, 7) is 7.36. The largest absolute Gasteiger partial charge is 0.361 e. The van der Waals surface area contributed by atoms with Crippen LogP contribution in [0.4, 0.5) is 5.13 Å². The maximum absolute atomic E-state index is 4.52. The molecule has 0 radical (unpaired) electrons. The van der Waals surface area contributed by atoms with Crippen LogP contribution in [-0.2, 0) is 0 Å². The van der Waals surface area contributed by atoms with E-state index in [-0.39, 0.29) is 0 Å². The van der Waals surface area contributed by atoms with Gasteiger partial charge in [0, 0.05) is 17.3 Å². The van der Waals surface area contributed by atoms with Gasteiger partial charge < -0.3 is 5.32 Å². The summed E-state index contributed by atoms with van der Waals surface area (Å²) < 4.78 is 0. The molecule has 0 amide bonds. The number of nitrogens with zero attached hydrogens (tertiary/aromatic N) is 1. The fourth-order valence-corrected chi connectivity index (χ4v) is 2.80. The van der Waals surface area contributed by atoms with Crippen LogP contribution >= 0.6 is 11.3 Å². The average Bonchev–Trinajstić information content (AvgIpc) is 2.71. The van der Waals surface area contributed by atoms with Crippen LogP contribution in [0.15, 0.2) is 30.3 Å². The van der Waals surface area contributed by atoms with Gasteiger partial charge in [0.15, 0.2) is 5.13 Å². The molecule has 0 aliphatic carbocycles. The highest BCUT2D eigenvalue weighted by molar-refractivity contribution is 7.15. The summed E-state index contributed by atoms with van der Waals surface area (Å²) in [6, 6.07) is 10.7. The number of hydrogen-bond donors (Lipinski definition) is 1.